The highest BCUT2D eigenvalue weighted by Gasteiger charge is 2.33. The molecule has 1 rings (SSSR count). The first-order chi connectivity index (χ1) is 9.79. The maximum Gasteiger partial charge on any atom is 0.433 e. The summed E-state index contributed by atoms with van der Waals surface area (Å²) in [6.45, 7) is 2.21. The molecule has 0 aliphatic carbocycles. The second kappa shape index (κ2) is 7.26. The highest BCUT2D eigenvalue weighted by atomic mass is 19.4. The lowest BCUT2D eigenvalue weighted by Crippen LogP contribution is -2.28. The normalized spacial score (nSPS) is 13.0. The van der Waals surface area contributed by atoms with Crippen LogP contribution in [0.2, 0.25) is 0 Å². The molecule has 1 unspecified atom stereocenters. The first kappa shape index (κ1) is 17.2. The number of carbonyl (C=O) groups excluding carboxylic acids is 1. The first-order valence-electron chi connectivity index (χ1n) is 6.43. The van der Waals surface area contributed by atoms with E-state index >= 15 is 0 Å². The van der Waals surface area contributed by atoms with Crippen molar-refractivity contribution in [2.45, 2.75) is 32.0 Å². The predicted molar refractivity (Wildman–Crippen MR) is 72.0 cm³/mol. The fourth-order valence-electron chi connectivity index (χ4n) is 1.87. The van der Waals surface area contributed by atoms with Gasteiger partial charge in [0.15, 0.2) is 0 Å². The second-order valence-corrected chi connectivity index (χ2v) is 4.54. The highest BCUT2D eigenvalue weighted by molar-refractivity contribution is 5.97. The molecule has 3 N–H and O–H groups in total. The Kier molecular flexibility index (Phi) is 5.95. The van der Waals surface area contributed by atoms with Crippen LogP contribution < -0.4 is 11.1 Å². The molecule has 0 aliphatic heterocycles. The summed E-state index contributed by atoms with van der Waals surface area (Å²) in [7, 11) is 1.49. The van der Waals surface area contributed by atoms with Crippen LogP contribution in [0.5, 0.6) is 0 Å². The molecular weight excluding hydrogens is 287 g/mol. The van der Waals surface area contributed by atoms with Crippen molar-refractivity contribution in [3.8, 4) is 0 Å². The molecule has 0 aliphatic rings. The fraction of sp³-hybridized carbons (Fsp3) is 0.538. The SMILES string of the molecule is CCCC(COC)Nc1nc(C(F)(F)F)ccc1C(N)=O. The van der Waals surface area contributed by atoms with Gasteiger partial charge in [0.25, 0.3) is 5.91 Å². The molecule has 0 spiro atoms. The molecule has 0 radical (unpaired) electrons. The van der Waals surface area contributed by atoms with Gasteiger partial charge >= 0.3 is 6.18 Å². The minimum Gasteiger partial charge on any atom is -0.383 e. The van der Waals surface area contributed by atoms with Gasteiger partial charge in [-0.25, -0.2) is 4.98 Å². The van der Waals surface area contributed by atoms with Gasteiger partial charge in [-0.15, -0.1) is 0 Å². The van der Waals surface area contributed by atoms with E-state index in [9.17, 15) is 18.0 Å². The van der Waals surface area contributed by atoms with Crippen molar-refractivity contribution in [2.75, 3.05) is 19.0 Å². The number of primary amides is 1. The van der Waals surface area contributed by atoms with Crippen LogP contribution in [0.4, 0.5) is 19.0 Å². The molecule has 0 aromatic carbocycles. The van der Waals surface area contributed by atoms with Crippen molar-refractivity contribution in [2.24, 2.45) is 5.73 Å². The molecule has 1 heterocycles. The average Bonchev–Trinajstić information content (AvgIpc) is 2.38. The Bertz CT molecular complexity index is 486. The zero-order valence-corrected chi connectivity index (χ0v) is 11.8. The number of hydrogen-bond acceptors (Lipinski definition) is 4. The van der Waals surface area contributed by atoms with E-state index in [0.717, 1.165) is 18.6 Å². The third-order valence-corrected chi connectivity index (χ3v) is 2.80. The predicted octanol–water partition coefficient (Wildman–Crippen LogP) is 2.43. The van der Waals surface area contributed by atoms with Gasteiger partial charge in [-0.2, -0.15) is 13.2 Å². The molecule has 0 saturated heterocycles. The maximum atomic E-state index is 12.7. The van der Waals surface area contributed by atoms with E-state index in [2.05, 4.69) is 10.3 Å². The van der Waals surface area contributed by atoms with Gasteiger partial charge in [0, 0.05) is 7.11 Å². The summed E-state index contributed by atoms with van der Waals surface area (Å²) >= 11 is 0. The van der Waals surface area contributed by atoms with Crippen LogP contribution in [-0.4, -0.2) is 30.6 Å². The third-order valence-electron chi connectivity index (χ3n) is 2.80. The van der Waals surface area contributed by atoms with E-state index in [0.29, 0.717) is 6.42 Å². The van der Waals surface area contributed by atoms with Gasteiger partial charge in [-0.1, -0.05) is 13.3 Å². The number of nitrogens with zero attached hydrogens (tertiary/aromatic N) is 1. The lowest BCUT2D eigenvalue weighted by Gasteiger charge is -2.20. The molecule has 1 amide bonds. The van der Waals surface area contributed by atoms with Crippen molar-refractivity contribution >= 4 is 11.7 Å². The van der Waals surface area contributed by atoms with Crippen LogP contribution >= 0.6 is 0 Å². The van der Waals surface area contributed by atoms with Gasteiger partial charge in [-0.05, 0) is 18.6 Å². The maximum absolute atomic E-state index is 12.7. The number of carbonyl (C=O) groups is 1. The van der Waals surface area contributed by atoms with Gasteiger partial charge < -0.3 is 15.8 Å². The van der Waals surface area contributed by atoms with E-state index in [1.165, 1.54) is 7.11 Å². The molecule has 0 fully saturated rings. The number of rotatable bonds is 7. The summed E-state index contributed by atoms with van der Waals surface area (Å²) in [5, 5.41) is 2.81. The van der Waals surface area contributed by atoms with E-state index in [-0.39, 0.29) is 24.0 Å². The number of pyridine rings is 1. The molecule has 118 valence electrons. The molecule has 1 aromatic heterocycles. The number of anilines is 1. The molecule has 1 atom stereocenters. The summed E-state index contributed by atoms with van der Waals surface area (Å²) < 4.78 is 43.1. The van der Waals surface area contributed by atoms with Crippen molar-refractivity contribution in [3.63, 3.8) is 0 Å². The van der Waals surface area contributed by atoms with Crippen molar-refractivity contribution in [3.05, 3.63) is 23.4 Å². The lowest BCUT2D eigenvalue weighted by atomic mass is 10.1. The van der Waals surface area contributed by atoms with Crippen LogP contribution in [-0.2, 0) is 10.9 Å². The van der Waals surface area contributed by atoms with Crippen molar-refractivity contribution < 1.29 is 22.7 Å². The Morgan fingerprint density at radius 3 is 2.62 bits per heavy atom. The summed E-state index contributed by atoms with van der Waals surface area (Å²) in [4.78, 5) is 14.8. The number of hydrogen-bond donors (Lipinski definition) is 2. The van der Waals surface area contributed by atoms with Gasteiger partial charge in [0.1, 0.15) is 11.5 Å². The summed E-state index contributed by atoms with van der Waals surface area (Å²) in [6, 6.07) is 1.50. The molecule has 5 nitrogen and oxygen atoms in total. The van der Waals surface area contributed by atoms with E-state index in [4.69, 9.17) is 10.5 Å². The summed E-state index contributed by atoms with van der Waals surface area (Å²) in [5.41, 5.74) is 4.00. The zero-order chi connectivity index (χ0) is 16.0. The minimum absolute atomic E-state index is 0.0831. The second-order valence-electron chi connectivity index (χ2n) is 4.54. The van der Waals surface area contributed by atoms with Crippen molar-refractivity contribution in [1.82, 2.24) is 4.98 Å². The van der Waals surface area contributed by atoms with Gasteiger partial charge in [-0.3, -0.25) is 4.79 Å². The first-order valence-corrected chi connectivity index (χ1v) is 6.43. The number of halogens is 3. The Morgan fingerprint density at radius 2 is 2.14 bits per heavy atom. The monoisotopic (exact) mass is 305 g/mol. The number of nitrogens with two attached hydrogens (primary N) is 1. The van der Waals surface area contributed by atoms with Gasteiger partial charge in [0.05, 0.1) is 18.2 Å². The molecule has 0 bridgehead atoms. The van der Waals surface area contributed by atoms with E-state index < -0.39 is 17.8 Å². The van der Waals surface area contributed by atoms with Crippen LogP contribution in [0.3, 0.4) is 0 Å². The number of ether oxygens (including phenoxy) is 1. The summed E-state index contributed by atoms with van der Waals surface area (Å²) in [6.07, 6.45) is -3.13. The standard InChI is InChI=1S/C13H18F3N3O2/c1-3-4-8(7-21-2)18-12-9(11(17)20)5-6-10(19-12)13(14,15)16/h5-6,8H,3-4,7H2,1-2H3,(H2,17,20)(H,18,19). The third kappa shape index (κ3) is 4.89. The topological polar surface area (TPSA) is 77.2 Å². The van der Waals surface area contributed by atoms with Gasteiger partial charge in [0.2, 0.25) is 0 Å². The Morgan fingerprint density at radius 1 is 1.48 bits per heavy atom. The number of methoxy groups -OCH3 is 1. The highest BCUT2D eigenvalue weighted by Crippen LogP contribution is 2.29. The lowest BCUT2D eigenvalue weighted by molar-refractivity contribution is -0.141. The minimum atomic E-state index is -4.59. The van der Waals surface area contributed by atoms with E-state index in [1.807, 2.05) is 6.92 Å². The quantitative estimate of drug-likeness (QED) is 0.811. The van der Waals surface area contributed by atoms with E-state index in [1.54, 1.807) is 0 Å². The zero-order valence-electron chi connectivity index (χ0n) is 11.8. The Hall–Kier alpha value is -1.83. The summed E-state index contributed by atoms with van der Waals surface area (Å²) in [5.74, 6) is -1.01. The van der Waals surface area contributed by atoms with Crippen LogP contribution in [0.1, 0.15) is 35.8 Å². The number of alkyl halides is 3. The smallest absolute Gasteiger partial charge is 0.383 e. The molecule has 0 saturated carbocycles. The molecule has 21 heavy (non-hydrogen) atoms. The Balaban J connectivity index is 3.13. The fourth-order valence-corrected chi connectivity index (χ4v) is 1.87. The van der Waals surface area contributed by atoms with Crippen LogP contribution in [0.15, 0.2) is 12.1 Å². The number of aromatic nitrogens is 1. The average molecular weight is 305 g/mol. The number of amides is 1. The van der Waals surface area contributed by atoms with Crippen LogP contribution in [0, 0.1) is 0 Å². The molecular formula is C13H18F3N3O2. The Labute approximate surface area is 120 Å². The molecule has 1 aromatic rings. The molecule has 8 heteroatoms. The van der Waals surface area contributed by atoms with Crippen molar-refractivity contribution in [1.29, 1.82) is 0 Å². The number of nitrogens with one attached hydrogen (secondary N) is 1. The van der Waals surface area contributed by atoms with Crippen LogP contribution in [0.25, 0.3) is 0 Å². The largest absolute Gasteiger partial charge is 0.433 e.